The van der Waals surface area contributed by atoms with Crippen molar-refractivity contribution in [3.8, 4) is 0 Å². The second kappa shape index (κ2) is 4.89. The molecule has 0 bridgehead atoms. The predicted octanol–water partition coefficient (Wildman–Crippen LogP) is 2.31. The number of nitrogens with zero attached hydrogens (tertiary/aromatic N) is 2. The van der Waals surface area contributed by atoms with Gasteiger partial charge in [0.05, 0.1) is 5.39 Å². The molecule has 0 saturated carbocycles. The zero-order valence-corrected chi connectivity index (χ0v) is 10.0. The molecule has 94 valence electrons. The largest absolute Gasteiger partial charge is 0.456 e. The fourth-order valence-corrected chi connectivity index (χ4v) is 1.83. The molecule has 3 aromatic rings. The van der Waals surface area contributed by atoms with Crippen LogP contribution in [0.1, 0.15) is 16.1 Å². The van der Waals surface area contributed by atoms with Crippen molar-refractivity contribution in [2.24, 2.45) is 0 Å². The summed E-state index contributed by atoms with van der Waals surface area (Å²) >= 11 is 0. The average Bonchev–Trinajstić information content (AvgIpc) is 2.94. The molecule has 5 heteroatoms. The first-order valence-corrected chi connectivity index (χ1v) is 5.84. The second-order valence-corrected chi connectivity index (χ2v) is 4.02. The third-order valence-electron chi connectivity index (χ3n) is 2.76. The highest BCUT2D eigenvalue weighted by Crippen LogP contribution is 2.14. The molecule has 0 aliphatic rings. The van der Waals surface area contributed by atoms with Gasteiger partial charge in [-0.3, -0.25) is 0 Å². The Morgan fingerprint density at radius 2 is 2.00 bits per heavy atom. The van der Waals surface area contributed by atoms with Gasteiger partial charge in [0.2, 0.25) is 0 Å². The minimum absolute atomic E-state index is 0.232. The van der Waals surface area contributed by atoms with Crippen molar-refractivity contribution < 1.29 is 9.53 Å². The number of carbonyl (C=O) groups excluding carboxylic acids is 1. The van der Waals surface area contributed by atoms with E-state index in [1.165, 1.54) is 6.33 Å². The molecular weight excluding hydrogens is 242 g/mol. The molecule has 2 heterocycles. The first-order chi connectivity index (χ1) is 9.34. The van der Waals surface area contributed by atoms with Crippen LogP contribution in [-0.2, 0) is 11.3 Å². The number of hydrogen-bond donors (Lipinski definition) is 1. The van der Waals surface area contributed by atoms with Crippen LogP contribution in [0.4, 0.5) is 0 Å². The fraction of sp³-hybridized carbons (Fsp3) is 0.0714. The van der Waals surface area contributed by atoms with Crippen LogP contribution < -0.4 is 0 Å². The van der Waals surface area contributed by atoms with Crippen LogP contribution in [0.2, 0.25) is 0 Å². The minimum atomic E-state index is -0.448. The highest BCUT2D eigenvalue weighted by atomic mass is 16.5. The number of rotatable bonds is 3. The Morgan fingerprint density at radius 3 is 2.84 bits per heavy atom. The molecule has 0 atom stereocenters. The number of carbonyl (C=O) groups is 1. The number of benzene rings is 1. The summed E-state index contributed by atoms with van der Waals surface area (Å²) in [5, 5.41) is 0.667. The summed E-state index contributed by atoms with van der Waals surface area (Å²) in [5.74, 6) is -0.448. The van der Waals surface area contributed by atoms with E-state index < -0.39 is 5.97 Å². The Balaban J connectivity index is 1.79. The van der Waals surface area contributed by atoms with Gasteiger partial charge in [-0.05, 0) is 11.6 Å². The van der Waals surface area contributed by atoms with Crippen LogP contribution in [0.15, 0.2) is 48.9 Å². The van der Waals surface area contributed by atoms with E-state index >= 15 is 0 Å². The fourth-order valence-electron chi connectivity index (χ4n) is 1.83. The van der Waals surface area contributed by atoms with E-state index in [0.717, 1.165) is 5.56 Å². The summed E-state index contributed by atoms with van der Waals surface area (Å²) in [7, 11) is 0. The van der Waals surface area contributed by atoms with Gasteiger partial charge in [-0.2, -0.15) is 0 Å². The van der Waals surface area contributed by atoms with Crippen LogP contribution in [0.5, 0.6) is 0 Å². The molecule has 0 amide bonds. The Labute approximate surface area is 109 Å². The third kappa shape index (κ3) is 2.30. The predicted molar refractivity (Wildman–Crippen MR) is 69.5 cm³/mol. The zero-order chi connectivity index (χ0) is 13.1. The maximum absolute atomic E-state index is 12.0. The second-order valence-electron chi connectivity index (χ2n) is 4.02. The Hall–Kier alpha value is -2.69. The summed E-state index contributed by atoms with van der Waals surface area (Å²) in [6.07, 6.45) is 3.06. The average molecular weight is 253 g/mol. The Bertz CT molecular complexity index is 707. The topological polar surface area (TPSA) is 67.9 Å². The van der Waals surface area contributed by atoms with E-state index in [9.17, 15) is 4.79 Å². The molecule has 19 heavy (non-hydrogen) atoms. The molecule has 0 aliphatic heterocycles. The van der Waals surface area contributed by atoms with Crippen molar-refractivity contribution >= 4 is 17.0 Å². The molecule has 3 rings (SSSR count). The summed E-state index contributed by atoms with van der Waals surface area (Å²) in [5.41, 5.74) is 1.85. The minimum Gasteiger partial charge on any atom is -0.456 e. The first kappa shape index (κ1) is 11.4. The highest BCUT2D eigenvalue weighted by Gasteiger charge is 2.14. The normalized spacial score (nSPS) is 10.5. The van der Waals surface area contributed by atoms with Crippen molar-refractivity contribution in [1.29, 1.82) is 0 Å². The quantitative estimate of drug-likeness (QED) is 0.727. The highest BCUT2D eigenvalue weighted by molar-refractivity contribution is 6.00. The molecule has 0 spiro atoms. The summed E-state index contributed by atoms with van der Waals surface area (Å²) in [6, 6.07) is 11.3. The maximum Gasteiger partial charge on any atom is 0.358 e. The van der Waals surface area contributed by atoms with Gasteiger partial charge in [-0.15, -0.1) is 0 Å². The van der Waals surface area contributed by atoms with Crippen molar-refractivity contribution in [3.63, 3.8) is 0 Å². The summed E-state index contributed by atoms with van der Waals surface area (Å²) < 4.78 is 5.25. The summed E-state index contributed by atoms with van der Waals surface area (Å²) in [4.78, 5) is 22.9. The Kier molecular flexibility index (Phi) is 2.94. The number of esters is 1. The van der Waals surface area contributed by atoms with E-state index in [4.69, 9.17) is 4.74 Å². The number of H-pyrrole nitrogens is 1. The van der Waals surface area contributed by atoms with Gasteiger partial charge in [0.1, 0.15) is 18.6 Å². The van der Waals surface area contributed by atoms with E-state index in [2.05, 4.69) is 15.0 Å². The molecular formula is C14H11N3O2. The number of fused-ring (bicyclic) bond motifs is 1. The molecule has 1 N–H and O–H groups in total. The number of hydrogen-bond acceptors (Lipinski definition) is 4. The van der Waals surface area contributed by atoms with Crippen LogP contribution in [0.3, 0.4) is 0 Å². The van der Waals surface area contributed by atoms with Crippen LogP contribution in [-0.4, -0.2) is 20.9 Å². The lowest BCUT2D eigenvalue weighted by molar-refractivity contribution is 0.0468. The summed E-state index contributed by atoms with van der Waals surface area (Å²) in [6.45, 7) is 0.232. The molecule has 0 radical (unpaired) electrons. The molecule has 1 aromatic carbocycles. The number of aromatic amines is 1. The lowest BCUT2D eigenvalue weighted by Crippen LogP contribution is -2.08. The van der Waals surface area contributed by atoms with Gasteiger partial charge in [0.25, 0.3) is 0 Å². The zero-order valence-electron chi connectivity index (χ0n) is 10.0. The third-order valence-corrected chi connectivity index (χ3v) is 2.76. The maximum atomic E-state index is 12.0. The number of ether oxygens (including phenoxy) is 1. The molecule has 0 fully saturated rings. The Morgan fingerprint density at radius 1 is 1.16 bits per heavy atom. The van der Waals surface area contributed by atoms with Gasteiger partial charge in [-0.1, -0.05) is 30.3 Å². The van der Waals surface area contributed by atoms with E-state index in [1.54, 1.807) is 12.3 Å². The van der Waals surface area contributed by atoms with E-state index in [0.29, 0.717) is 11.0 Å². The van der Waals surface area contributed by atoms with Crippen molar-refractivity contribution in [1.82, 2.24) is 15.0 Å². The van der Waals surface area contributed by atoms with Gasteiger partial charge >= 0.3 is 5.97 Å². The molecule has 0 aliphatic carbocycles. The first-order valence-electron chi connectivity index (χ1n) is 5.84. The van der Waals surface area contributed by atoms with E-state index in [1.807, 2.05) is 30.3 Å². The SMILES string of the molecule is O=C(OCc1ccccc1)c1ncnc2[nH]ccc12. The van der Waals surface area contributed by atoms with Crippen molar-refractivity contribution in [3.05, 3.63) is 60.2 Å². The van der Waals surface area contributed by atoms with Gasteiger partial charge in [0.15, 0.2) is 5.69 Å². The van der Waals surface area contributed by atoms with Crippen LogP contribution in [0, 0.1) is 0 Å². The number of nitrogens with one attached hydrogen (secondary N) is 1. The molecule has 0 saturated heterocycles. The van der Waals surface area contributed by atoms with E-state index in [-0.39, 0.29) is 12.3 Å². The van der Waals surface area contributed by atoms with Crippen molar-refractivity contribution in [2.75, 3.05) is 0 Å². The monoisotopic (exact) mass is 253 g/mol. The van der Waals surface area contributed by atoms with Gasteiger partial charge in [0, 0.05) is 6.20 Å². The van der Waals surface area contributed by atoms with Gasteiger partial charge < -0.3 is 9.72 Å². The number of aromatic nitrogens is 3. The molecule has 0 unspecified atom stereocenters. The van der Waals surface area contributed by atoms with Crippen LogP contribution in [0.25, 0.3) is 11.0 Å². The molecule has 2 aromatic heterocycles. The van der Waals surface area contributed by atoms with Crippen LogP contribution >= 0.6 is 0 Å². The van der Waals surface area contributed by atoms with Crippen molar-refractivity contribution in [2.45, 2.75) is 6.61 Å². The lowest BCUT2D eigenvalue weighted by atomic mass is 10.2. The standard InChI is InChI=1S/C14H11N3O2/c18-14(19-8-10-4-2-1-3-5-10)12-11-6-7-15-13(11)17-9-16-12/h1-7,9H,8H2,(H,15,16,17). The lowest BCUT2D eigenvalue weighted by Gasteiger charge is -2.04. The van der Waals surface area contributed by atoms with Gasteiger partial charge in [-0.25, -0.2) is 14.8 Å². The smallest absolute Gasteiger partial charge is 0.358 e. The molecule has 5 nitrogen and oxygen atoms in total.